The summed E-state index contributed by atoms with van der Waals surface area (Å²) < 4.78 is 43.2. The second kappa shape index (κ2) is 8.11. The highest BCUT2D eigenvalue weighted by atomic mass is 35.5. The molecule has 0 bridgehead atoms. The minimum Gasteiger partial charge on any atom is -0.452 e. The quantitative estimate of drug-likeness (QED) is 0.796. The fraction of sp³-hybridized carbons (Fsp3) is 0.562. The molecule has 1 aromatic heterocycles. The molecule has 0 radical (unpaired) electrons. The lowest BCUT2D eigenvalue weighted by Crippen LogP contribution is -2.40. The molecule has 1 unspecified atom stereocenters. The number of hydrogen-bond acceptors (Lipinski definition) is 5. The van der Waals surface area contributed by atoms with Gasteiger partial charge in [0.15, 0.2) is 6.10 Å². The van der Waals surface area contributed by atoms with Gasteiger partial charge in [-0.15, -0.1) is 0 Å². The van der Waals surface area contributed by atoms with Crippen molar-refractivity contribution < 1.29 is 27.5 Å². The van der Waals surface area contributed by atoms with Gasteiger partial charge in [-0.1, -0.05) is 11.6 Å². The molecule has 2 rings (SSSR count). The van der Waals surface area contributed by atoms with E-state index in [0.717, 1.165) is 12.3 Å². The van der Waals surface area contributed by atoms with E-state index in [1.807, 2.05) is 0 Å². The van der Waals surface area contributed by atoms with Crippen LogP contribution in [0.1, 0.15) is 25.3 Å². The minimum absolute atomic E-state index is 0.0888. The molecule has 1 saturated heterocycles. The Hall–Kier alpha value is -2.03. The number of alkyl halides is 3. The van der Waals surface area contributed by atoms with Crippen molar-refractivity contribution >= 4 is 29.3 Å². The monoisotopic (exact) mass is 393 g/mol. The van der Waals surface area contributed by atoms with Crippen molar-refractivity contribution in [1.82, 2.24) is 10.3 Å². The van der Waals surface area contributed by atoms with E-state index in [0.29, 0.717) is 25.9 Å². The number of halogens is 4. The molecule has 26 heavy (non-hydrogen) atoms. The zero-order chi connectivity index (χ0) is 19.5. The molecule has 1 aliphatic heterocycles. The van der Waals surface area contributed by atoms with E-state index < -0.39 is 29.7 Å². The third-order valence-corrected chi connectivity index (χ3v) is 4.46. The van der Waals surface area contributed by atoms with Gasteiger partial charge in [-0.3, -0.25) is 9.59 Å². The van der Waals surface area contributed by atoms with Crippen LogP contribution < -0.4 is 10.2 Å². The summed E-state index contributed by atoms with van der Waals surface area (Å²) in [6.07, 6.45) is -3.78. The number of pyridine rings is 1. The van der Waals surface area contributed by atoms with Crippen molar-refractivity contribution in [1.29, 1.82) is 0 Å². The maximum atomic E-state index is 12.7. The van der Waals surface area contributed by atoms with Gasteiger partial charge in [-0.2, -0.15) is 13.2 Å². The lowest BCUT2D eigenvalue weighted by atomic mass is 9.97. The third kappa shape index (κ3) is 4.78. The van der Waals surface area contributed by atoms with E-state index in [9.17, 15) is 22.8 Å². The highest BCUT2D eigenvalue weighted by Crippen LogP contribution is 2.34. The highest BCUT2D eigenvalue weighted by molar-refractivity contribution is 6.33. The Morgan fingerprint density at radius 1 is 1.38 bits per heavy atom. The van der Waals surface area contributed by atoms with Gasteiger partial charge < -0.3 is 15.0 Å². The standard InChI is InChI=1S/C16H19ClF3N3O3/c1-9(14(24)21-2)26-15(25)10-3-5-23(6-4-10)13-12(17)7-11(8-22-13)16(18,19)20/h7-10H,3-6H2,1-2H3,(H,21,24). The molecule has 0 aliphatic carbocycles. The van der Waals surface area contributed by atoms with Crippen LogP contribution in [0.25, 0.3) is 0 Å². The zero-order valence-corrected chi connectivity index (χ0v) is 15.0. The Morgan fingerprint density at radius 3 is 2.50 bits per heavy atom. The number of likely N-dealkylation sites (N-methyl/N-ethyl adjacent to an activating group) is 1. The van der Waals surface area contributed by atoms with Gasteiger partial charge in [-0.25, -0.2) is 4.98 Å². The molecular formula is C16H19ClF3N3O3. The summed E-state index contributed by atoms with van der Waals surface area (Å²) in [5.74, 6) is -0.986. The van der Waals surface area contributed by atoms with E-state index in [4.69, 9.17) is 16.3 Å². The molecule has 1 N–H and O–H groups in total. The molecule has 1 amide bonds. The summed E-state index contributed by atoms with van der Waals surface area (Å²) in [6.45, 7) is 2.27. The van der Waals surface area contributed by atoms with Crippen molar-refractivity contribution in [2.45, 2.75) is 32.0 Å². The van der Waals surface area contributed by atoms with Gasteiger partial charge in [0, 0.05) is 26.3 Å². The highest BCUT2D eigenvalue weighted by Gasteiger charge is 2.33. The molecule has 6 nitrogen and oxygen atoms in total. The van der Waals surface area contributed by atoms with Crippen LogP contribution in [-0.2, 0) is 20.5 Å². The molecule has 1 atom stereocenters. The second-order valence-electron chi connectivity index (χ2n) is 5.98. The van der Waals surface area contributed by atoms with Crippen LogP contribution >= 0.6 is 11.6 Å². The van der Waals surface area contributed by atoms with E-state index in [1.165, 1.54) is 14.0 Å². The Balaban J connectivity index is 1.96. The topological polar surface area (TPSA) is 71.5 Å². The zero-order valence-electron chi connectivity index (χ0n) is 14.3. The molecule has 144 valence electrons. The average molecular weight is 394 g/mol. The van der Waals surface area contributed by atoms with E-state index >= 15 is 0 Å². The summed E-state index contributed by atoms with van der Waals surface area (Å²) >= 11 is 5.95. The molecule has 2 heterocycles. The predicted octanol–water partition coefficient (Wildman–Crippen LogP) is 2.65. The van der Waals surface area contributed by atoms with Crippen LogP contribution in [0.5, 0.6) is 0 Å². The number of rotatable bonds is 4. The molecule has 1 fully saturated rings. The van der Waals surface area contributed by atoms with Crippen molar-refractivity contribution in [2.75, 3.05) is 25.0 Å². The molecule has 0 saturated carbocycles. The average Bonchev–Trinajstić information content (AvgIpc) is 2.60. The summed E-state index contributed by atoms with van der Waals surface area (Å²) in [5.41, 5.74) is -0.909. The number of anilines is 1. The molecule has 0 spiro atoms. The molecule has 10 heteroatoms. The number of ether oxygens (including phenoxy) is 1. The summed E-state index contributed by atoms with van der Waals surface area (Å²) in [4.78, 5) is 29.1. The van der Waals surface area contributed by atoms with Crippen LogP contribution in [0.2, 0.25) is 5.02 Å². The predicted molar refractivity (Wildman–Crippen MR) is 88.8 cm³/mol. The van der Waals surface area contributed by atoms with Crippen molar-refractivity contribution in [3.05, 3.63) is 22.8 Å². The van der Waals surface area contributed by atoms with Crippen molar-refractivity contribution in [3.63, 3.8) is 0 Å². The lowest BCUT2D eigenvalue weighted by molar-refractivity contribution is -0.159. The smallest absolute Gasteiger partial charge is 0.417 e. The maximum absolute atomic E-state index is 12.7. The Morgan fingerprint density at radius 2 is 2.00 bits per heavy atom. The first-order valence-electron chi connectivity index (χ1n) is 8.03. The number of piperidine rings is 1. The lowest BCUT2D eigenvalue weighted by Gasteiger charge is -2.32. The van der Waals surface area contributed by atoms with Crippen molar-refractivity contribution in [2.24, 2.45) is 5.92 Å². The van der Waals surface area contributed by atoms with Gasteiger partial charge in [0.2, 0.25) is 0 Å². The van der Waals surface area contributed by atoms with Gasteiger partial charge >= 0.3 is 12.1 Å². The minimum atomic E-state index is -4.51. The molecular weight excluding hydrogens is 375 g/mol. The number of aromatic nitrogens is 1. The molecule has 1 aromatic rings. The van der Waals surface area contributed by atoms with Gasteiger partial charge in [0.25, 0.3) is 5.91 Å². The van der Waals surface area contributed by atoms with Gasteiger partial charge in [-0.05, 0) is 25.8 Å². The van der Waals surface area contributed by atoms with Crippen LogP contribution in [0.3, 0.4) is 0 Å². The fourth-order valence-corrected chi connectivity index (χ4v) is 2.96. The SMILES string of the molecule is CNC(=O)C(C)OC(=O)C1CCN(c2ncc(C(F)(F)F)cc2Cl)CC1. The number of esters is 1. The summed E-state index contributed by atoms with van der Waals surface area (Å²) in [6, 6.07) is 0.843. The first kappa shape index (κ1) is 20.3. The Labute approximate surface area is 153 Å². The van der Waals surface area contributed by atoms with Crippen molar-refractivity contribution in [3.8, 4) is 0 Å². The largest absolute Gasteiger partial charge is 0.452 e. The van der Waals surface area contributed by atoms with Crippen LogP contribution in [-0.4, -0.2) is 43.1 Å². The molecule has 1 aliphatic rings. The number of carbonyl (C=O) groups is 2. The van der Waals surface area contributed by atoms with E-state index in [2.05, 4.69) is 10.3 Å². The van der Waals surface area contributed by atoms with E-state index in [-0.39, 0.29) is 16.8 Å². The number of amides is 1. The normalized spacial score (nSPS) is 16.9. The summed E-state index contributed by atoms with van der Waals surface area (Å²) in [5, 5.41) is 2.31. The number of nitrogens with one attached hydrogen (secondary N) is 1. The second-order valence-corrected chi connectivity index (χ2v) is 6.39. The first-order chi connectivity index (χ1) is 12.1. The molecule has 0 aromatic carbocycles. The van der Waals surface area contributed by atoms with Crippen LogP contribution in [0.4, 0.5) is 19.0 Å². The van der Waals surface area contributed by atoms with Gasteiger partial charge in [0.05, 0.1) is 16.5 Å². The number of hydrogen-bond donors (Lipinski definition) is 1. The van der Waals surface area contributed by atoms with Crippen LogP contribution in [0.15, 0.2) is 12.3 Å². The fourth-order valence-electron chi connectivity index (χ4n) is 2.67. The Bertz CT molecular complexity index is 676. The number of carbonyl (C=O) groups excluding carboxylic acids is 2. The van der Waals surface area contributed by atoms with Gasteiger partial charge in [0.1, 0.15) is 5.82 Å². The summed E-state index contributed by atoms with van der Waals surface area (Å²) in [7, 11) is 1.45. The first-order valence-corrected chi connectivity index (χ1v) is 8.41. The number of nitrogens with zero attached hydrogens (tertiary/aromatic N) is 2. The maximum Gasteiger partial charge on any atom is 0.417 e. The Kier molecular flexibility index (Phi) is 6.33. The van der Waals surface area contributed by atoms with E-state index in [1.54, 1.807) is 4.90 Å². The third-order valence-electron chi connectivity index (χ3n) is 4.19. The van der Waals surface area contributed by atoms with Crippen LogP contribution in [0, 0.1) is 5.92 Å².